The summed E-state index contributed by atoms with van der Waals surface area (Å²) in [5.74, 6) is -0.507. The van der Waals surface area contributed by atoms with Gasteiger partial charge in [0.25, 0.3) is 0 Å². The van der Waals surface area contributed by atoms with Crippen LogP contribution in [0.1, 0.15) is 15.9 Å². The Morgan fingerprint density at radius 1 is 1.19 bits per heavy atom. The van der Waals surface area contributed by atoms with E-state index in [2.05, 4.69) is 0 Å². The van der Waals surface area contributed by atoms with Crippen LogP contribution in [0.4, 0.5) is 0 Å². The number of halogens is 2. The second kappa shape index (κ2) is 6.70. The van der Waals surface area contributed by atoms with Crippen molar-refractivity contribution in [2.24, 2.45) is 0 Å². The van der Waals surface area contributed by atoms with E-state index in [-0.39, 0.29) is 22.9 Å². The van der Waals surface area contributed by atoms with Crippen molar-refractivity contribution in [3.05, 3.63) is 57.6 Å². The van der Waals surface area contributed by atoms with Crippen molar-refractivity contribution in [3.63, 3.8) is 0 Å². The summed E-state index contributed by atoms with van der Waals surface area (Å²) in [6, 6.07) is 9.86. The normalized spacial score (nSPS) is 10.2. The third-order valence-electron chi connectivity index (χ3n) is 2.77. The van der Waals surface area contributed by atoms with E-state index in [1.54, 1.807) is 12.1 Å². The highest BCUT2D eigenvalue weighted by atomic mass is 35.5. The van der Waals surface area contributed by atoms with Gasteiger partial charge in [0.15, 0.2) is 11.5 Å². The molecule has 0 saturated heterocycles. The molecule has 0 aliphatic rings. The van der Waals surface area contributed by atoms with E-state index in [0.717, 1.165) is 5.56 Å². The van der Waals surface area contributed by atoms with Gasteiger partial charge < -0.3 is 14.6 Å². The summed E-state index contributed by atoms with van der Waals surface area (Å²) in [6.07, 6.45) is 0. The minimum Gasteiger partial charge on any atom is -0.493 e. The summed E-state index contributed by atoms with van der Waals surface area (Å²) in [6.45, 7) is 0.264. The Labute approximate surface area is 131 Å². The van der Waals surface area contributed by atoms with Crippen LogP contribution in [0.15, 0.2) is 36.4 Å². The minimum atomic E-state index is -1.08. The topological polar surface area (TPSA) is 55.8 Å². The Balaban J connectivity index is 2.23. The Morgan fingerprint density at radius 2 is 1.86 bits per heavy atom. The molecule has 0 aliphatic carbocycles. The third kappa shape index (κ3) is 3.80. The van der Waals surface area contributed by atoms with Gasteiger partial charge in [0, 0.05) is 5.02 Å². The lowest BCUT2D eigenvalue weighted by Crippen LogP contribution is -2.02. The van der Waals surface area contributed by atoms with Crippen LogP contribution in [0.3, 0.4) is 0 Å². The Bertz CT molecular complexity index is 653. The van der Waals surface area contributed by atoms with Crippen LogP contribution >= 0.6 is 23.2 Å². The van der Waals surface area contributed by atoms with Crippen LogP contribution in [0, 0.1) is 0 Å². The fourth-order valence-electron chi connectivity index (χ4n) is 1.72. The molecule has 0 radical (unpaired) electrons. The predicted octanol–water partition coefficient (Wildman–Crippen LogP) is 4.28. The number of aromatic carboxylic acids is 1. The molecule has 0 bridgehead atoms. The van der Waals surface area contributed by atoms with Gasteiger partial charge >= 0.3 is 5.97 Å². The summed E-state index contributed by atoms with van der Waals surface area (Å²) in [5, 5.41) is 9.81. The fraction of sp³-hybridized carbons (Fsp3) is 0.133. The first-order valence-electron chi connectivity index (χ1n) is 5.99. The zero-order valence-corrected chi connectivity index (χ0v) is 12.6. The molecule has 0 aliphatic heterocycles. The van der Waals surface area contributed by atoms with Gasteiger partial charge in [0.2, 0.25) is 0 Å². The maximum Gasteiger partial charge on any atom is 0.335 e. The summed E-state index contributed by atoms with van der Waals surface area (Å²) in [7, 11) is 1.42. The fourth-order valence-corrected chi connectivity index (χ4v) is 2.11. The molecular weight excluding hydrogens is 315 g/mol. The van der Waals surface area contributed by atoms with E-state index < -0.39 is 5.97 Å². The van der Waals surface area contributed by atoms with E-state index in [9.17, 15) is 4.79 Å². The van der Waals surface area contributed by atoms with Gasteiger partial charge in [-0.3, -0.25) is 0 Å². The van der Waals surface area contributed by atoms with Crippen molar-refractivity contribution >= 4 is 29.2 Å². The van der Waals surface area contributed by atoms with Gasteiger partial charge in [-0.1, -0.05) is 35.3 Å². The number of carboxylic acids is 1. The summed E-state index contributed by atoms with van der Waals surface area (Å²) in [4.78, 5) is 11.0. The third-order valence-corrected chi connectivity index (χ3v) is 3.31. The van der Waals surface area contributed by atoms with Gasteiger partial charge in [-0.15, -0.1) is 0 Å². The minimum absolute atomic E-state index is 0.0377. The maximum absolute atomic E-state index is 11.0. The molecule has 110 valence electrons. The average Bonchev–Trinajstić information content (AvgIpc) is 2.46. The van der Waals surface area contributed by atoms with E-state index in [1.807, 2.05) is 12.1 Å². The lowest BCUT2D eigenvalue weighted by atomic mass is 10.2. The summed E-state index contributed by atoms with van der Waals surface area (Å²) >= 11 is 11.9. The van der Waals surface area contributed by atoms with Crippen molar-refractivity contribution in [2.75, 3.05) is 7.11 Å². The smallest absolute Gasteiger partial charge is 0.335 e. The zero-order chi connectivity index (χ0) is 15.4. The highest BCUT2D eigenvalue weighted by molar-refractivity contribution is 6.32. The standard InChI is InChI=1S/C15H12Cl2O4/c1-20-13-7-10(15(18)19)6-12(17)14(13)21-8-9-2-4-11(16)5-3-9/h2-7H,8H2,1H3,(H,18,19). The van der Waals surface area contributed by atoms with Crippen molar-refractivity contribution in [1.82, 2.24) is 0 Å². The molecule has 0 aromatic heterocycles. The number of hydrogen-bond donors (Lipinski definition) is 1. The molecule has 6 heteroatoms. The molecule has 0 unspecified atom stereocenters. The zero-order valence-electron chi connectivity index (χ0n) is 11.1. The van der Waals surface area contributed by atoms with Crippen LogP contribution in [-0.2, 0) is 6.61 Å². The van der Waals surface area contributed by atoms with Crippen LogP contribution in [0.5, 0.6) is 11.5 Å². The van der Waals surface area contributed by atoms with E-state index >= 15 is 0 Å². The number of carbonyl (C=O) groups is 1. The van der Waals surface area contributed by atoms with Crippen molar-refractivity contribution in [1.29, 1.82) is 0 Å². The maximum atomic E-state index is 11.0. The van der Waals surface area contributed by atoms with Crippen molar-refractivity contribution < 1.29 is 19.4 Å². The van der Waals surface area contributed by atoms with Gasteiger partial charge in [0.05, 0.1) is 17.7 Å². The first kappa shape index (κ1) is 15.5. The highest BCUT2D eigenvalue weighted by Crippen LogP contribution is 2.37. The molecule has 2 aromatic carbocycles. The van der Waals surface area contributed by atoms with Crippen molar-refractivity contribution in [2.45, 2.75) is 6.61 Å². The number of carboxylic acid groups (broad SMARTS) is 1. The van der Waals surface area contributed by atoms with Crippen LogP contribution in [-0.4, -0.2) is 18.2 Å². The second-order valence-electron chi connectivity index (χ2n) is 4.21. The lowest BCUT2D eigenvalue weighted by molar-refractivity contribution is 0.0696. The number of ether oxygens (including phenoxy) is 2. The molecule has 1 N–H and O–H groups in total. The molecule has 0 fully saturated rings. The molecule has 0 amide bonds. The highest BCUT2D eigenvalue weighted by Gasteiger charge is 2.15. The molecule has 2 rings (SSSR count). The van der Waals surface area contributed by atoms with E-state index in [4.69, 9.17) is 37.8 Å². The van der Waals surface area contributed by atoms with Gasteiger partial charge in [-0.2, -0.15) is 0 Å². The van der Waals surface area contributed by atoms with Gasteiger partial charge in [0.1, 0.15) is 6.61 Å². The predicted molar refractivity (Wildman–Crippen MR) is 80.7 cm³/mol. The monoisotopic (exact) mass is 326 g/mol. The Kier molecular flexibility index (Phi) is 4.94. The Morgan fingerprint density at radius 3 is 2.43 bits per heavy atom. The van der Waals surface area contributed by atoms with Crippen LogP contribution in [0.2, 0.25) is 10.0 Å². The van der Waals surface area contributed by atoms with Gasteiger partial charge in [-0.25, -0.2) is 4.79 Å². The van der Waals surface area contributed by atoms with Crippen LogP contribution in [0.25, 0.3) is 0 Å². The lowest BCUT2D eigenvalue weighted by Gasteiger charge is -2.13. The van der Waals surface area contributed by atoms with Crippen molar-refractivity contribution in [3.8, 4) is 11.5 Å². The molecule has 0 saturated carbocycles. The Hall–Kier alpha value is -1.91. The quantitative estimate of drug-likeness (QED) is 0.890. The molecule has 2 aromatic rings. The van der Waals surface area contributed by atoms with Crippen LogP contribution < -0.4 is 9.47 Å². The van der Waals surface area contributed by atoms with E-state index in [0.29, 0.717) is 10.8 Å². The molecular formula is C15H12Cl2O4. The average molecular weight is 327 g/mol. The number of benzene rings is 2. The molecule has 21 heavy (non-hydrogen) atoms. The molecule has 0 atom stereocenters. The molecule has 4 nitrogen and oxygen atoms in total. The second-order valence-corrected chi connectivity index (χ2v) is 5.05. The SMILES string of the molecule is COc1cc(C(=O)O)cc(Cl)c1OCc1ccc(Cl)cc1. The largest absolute Gasteiger partial charge is 0.493 e. The molecule has 0 spiro atoms. The number of hydrogen-bond acceptors (Lipinski definition) is 3. The first-order chi connectivity index (χ1) is 10.0. The number of methoxy groups -OCH3 is 1. The van der Waals surface area contributed by atoms with Gasteiger partial charge in [-0.05, 0) is 29.8 Å². The summed E-state index contributed by atoms with van der Waals surface area (Å²) < 4.78 is 10.8. The summed E-state index contributed by atoms with van der Waals surface area (Å²) in [5.41, 5.74) is 0.940. The van der Waals surface area contributed by atoms with E-state index in [1.165, 1.54) is 19.2 Å². The first-order valence-corrected chi connectivity index (χ1v) is 6.75. The number of rotatable bonds is 5. The molecule has 0 heterocycles.